The third kappa shape index (κ3) is 3.85. The third-order valence-electron chi connectivity index (χ3n) is 4.20. The van der Waals surface area contributed by atoms with Crippen LogP contribution in [0.3, 0.4) is 0 Å². The molecule has 3 aromatic heterocycles. The molecule has 28 heavy (non-hydrogen) atoms. The van der Waals surface area contributed by atoms with Gasteiger partial charge in [0.05, 0.1) is 5.69 Å². The Morgan fingerprint density at radius 1 is 1.11 bits per heavy atom. The maximum absolute atomic E-state index is 12.8. The van der Waals surface area contributed by atoms with E-state index in [1.807, 2.05) is 29.5 Å². The summed E-state index contributed by atoms with van der Waals surface area (Å²) in [7, 11) is 0. The first-order valence-corrected chi connectivity index (χ1v) is 9.54. The average molecular weight is 420 g/mol. The zero-order valence-corrected chi connectivity index (χ0v) is 15.6. The lowest BCUT2D eigenvalue weighted by atomic mass is 10.2. The molecule has 0 aliphatic rings. The molecule has 1 amide bonds. The van der Waals surface area contributed by atoms with Crippen LogP contribution in [0, 0.1) is 6.92 Å². The van der Waals surface area contributed by atoms with E-state index in [1.54, 1.807) is 5.32 Å². The van der Waals surface area contributed by atoms with Crippen LogP contribution in [0.1, 0.15) is 25.0 Å². The molecule has 0 saturated carbocycles. The van der Waals surface area contributed by atoms with Gasteiger partial charge < -0.3 is 5.32 Å². The van der Waals surface area contributed by atoms with Gasteiger partial charge in [-0.15, -0.1) is 11.8 Å². The maximum atomic E-state index is 12.8. The second-order valence-corrected chi connectivity index (χ2v) is 7.36. The molecule has 11 heteroatoms. The molecule has 0 unspecified atom stereocenters. The number of aryl methyl sites for hydroxylation is 1. The van der Waals surface area contributed by atoms with Gasteiger partial charge in [0.2, 0.25) is 0 Å². The van der Waals surface area contributed by atoms with E-state index in [0.29, 0.717) is 25.0 Å². The zero-order chi connectivity index (χ0) is 20.5. The Hall–Kier alpha value is -2.17. The molecule has 0 bridgehead atoms. The molecule has 0 atom stereocenters. The predicted octanol–water partition coefficient (Wildman–Crippen LogP) is 4.20. The van der Waals surface area contributed by atoms with E-state index in [-0.39, 0.29) is 6.54 Å². The van der Waals surface area contributed by atoms with Gasteiger partial charge in [0, 0.05) is 6.54 Å². The lowest BCUT2D eigenvalue weighted by molar-refractivity contribution is -0.269. The van der Waals surface area contributed by atoms with Crippen molar-refractivity contribution in [3.8, 4) is 0 Å². The summed E-state index contributed by atoms with van der Waals surface area (Å²) < 4.78 is 63.7. The Balaban J connectivity index is 1.43. The summed E-state index contributed by atoms with van der Waals surface area (Å²) in [5.74, 6) is -6.98. The summed E-state index contributed by atoms with van der Waals surface area (Å²) in [6.45, 7) is 1.68. The van der Waals surface area contributed by atoms with Gasteiger partial charge in [-0.2, -0.15) is 22.0 Å². The van der Waals surface area contributed by atoms with Gasteiger partial charge in [0.1, 0.15) is 21.8 Å². The number of carbonyl (C=O) groups excluding carboxylic acids is 1. The first-order chi connectivity index (χ1) is 13.1. The number of imidazole rings is 2. The molecule has 0 fully saturated rings. The zero-order valence-electron chi connectivity index (χ0n) is 14.8. The van der Waals surface area contributed by atoms with Crippen molar-refractivity contribution < 1.29 is 26.7 Å². The summed E-state index contributed by atoms with van der Waals surface area (Å²) in [5, 5.41) is 2.49. The number of nitrogens with zero attached hydrogens (tertiary/aromatic N) is 3. The van der Waals surface area contributed by atoms with Gasteiger partial charge in [-0.25, -0.2) is 9.97 Å². The van der Waals surface area contributed by atoms with E-state index in [4.69, 9.17) is 0 Å². The molecular formula is C17H17F5N4OS. The van der Waals surface area contributed by atoms with Crippen molar-refractivity contribution in [3.63, 3.8) is 0 Å². The summed E-state index contributed by atoms with van der Waals surface area (Å²) in [6, 6.07) is 5.68. The van der Waals surface area contributed by atoms with E-state index >= 15 is 0 Å². The minimum atomic E-state index is -5.88. The highest BCUT2D eigenvalue weighted by molar-refractivity contribution is 7.99. The van der Waals surface area contributed by atoms with Crippen LogP contribution < -0.4 is 5.32 Å². The van der Waals surface area contributed by atoms with Gasteiger partial charge in [0.15, 0.2) is 0 Å². The number of alkyl halides is 5. The van der Waals surface area contributed by atoms with Crippen LogP contribution in [0.5, 0.6) is 0 Å². The number of amides is 1. The molecule has 5 nitrogen and oxygen atoms in total. The van der Waals surface area contributed by atoms with Crippen molar-refractivity contribution in [1.29, 1.82) is 0 Å². The quantitative estimate of drug-likeness (QED) is 0.337. The van der Waals surface area contributed by atoms with Crippen molar-refractivity contribution in [3.05, 3.63) is 23.9 Å². The number of hydrogen-bond acceptors (Lipinski definition) is 4. The topological polar surface area (TPSA) is 59.3 Å². The Labute approximate surface area is 161 Å². The molecule has 0 saturated heterocycles. The molecule has 0 radical (unpaired) electrons. The molecule has 0 aliphatic carbocycles. The fraction of sp³-hybridized carbons (Fsp3) is 0.471. The summed E-state index contributed by atoms with van der Waals surface area (Å²) in [4.78, 5) is 20.0. The number of rotatable bonds is 8. The highest BCUT2D eigenvalue weighted by Gasteiger charge is 2.63. The second kappa shape index (κ2) is 7.69. The van der Waals surface area contributed by atoms with E-state index in [2.05, 4.69) is 9.97 Å². The molecule has 0 aromatic carbocycles. The van der Waals surface area contributed by atoms with Crippen molar-refractivity contribution in [2.45, 2.75) is 43.3 Å². The predicted molar refractivity (Wildman–Crippen MR) is 95.0 cm³/mol. The molecule has 3 heterocycles. The largest absolute Gasteiger partial charge is 0.463 e. The van der Waals surface area contributed by atoms with Gasteiger partial charge >= 0.3 is 12.1 Å². The number of halogens is 5. The first kappa shape index (κ1) is 20.6. The SMILES string of the molecule is Cc1nc2cccc3nc(SCCCCCNC(=O)C(F)(F)C(F)(F)F)c1n23. The fourth-order valence-corrected chi connectivity index (χ4v) is 3.87. The van der Waals surface area contributed by atoms with E-state index in [9.17, 15) is 26.7 Å². The average Bonchev–Trinajstić information content (AvgIpc) is 3.15. The van der Waals surface area contributed by atoms with Crippen LogP contribution in [-0.4, -0.2) is 44.7 Å². The van der Waals surface area contributed by atoms with Crippen LogP contribution >= 0.6 is 11.8 Å². The number of hydrogen-bond donors (Lipinski definition) is 1. The second-order valence-electron chi connectivity index (χ2n) is 6.28. The number of nitrogens with one attached hydrogen (secondary N) is 1. The third-order valence-corrected chi connectivity index (χ3v) is 5.25. The van der Waals surface area contributed by atoms with Crippen molar-refractivity contribution in [2.24, 2.45) is 0 Å². The van der Waals surface area contributed by atoms with E-state index in [1.165, 1.54) is 11.8 Å². The van der Waals surface area contributed by atoms with Crippen molar-refractivity contribution in [1.82, 2.24) is 19.7 Å². The highest BCUT2D eigenvalue weighted by Crippen LogP contribution is 2.35. The van der Waals surface area contributed by atoms with Crippen LogP contribution in [0.2, 0.25) is 0 Å². The molecule has 0 spiro atoms. The summed E-state index contributed by atoms with van der Waals surface area (Å²) in [6.07, 6.45) is -4.30. The number of aromatic nitrogens is 3. The lowest BCUT2D eigenvalue weighted by Gasteiger charge is -2.18. The van der Waals surface area contributed by atoms with Gasteiger partial charge in [0.25, 0.3) is 5.91 Å². The van der Waals surface area contributed by atoms with E-state index in [0.717, 1.165) is 27.5 Å². The smallest absolute Gasteiger partial charge is 0.351 e. The first-order valence-electron chi connectivity index (χ1n) is 8.55. The van der Waals surface area contributed by atoms with E-state index < -0.39 is 18.0 Å². The summed E-state index contributed by atoms with van der Waals surface area (Å²) in [5.41, 5.74) is 3.47. The normalized spacial score (nSPS) is 12.9. The molecule has 0 aliphatic heterocycles. The maximum Gasteiger partial charge on any atom is 0.463 e. The molecule has 1 N–H and O–H groups in total. The molecule has 152 valence electrons. The Morgan fingerprint density at radius 2 is 1.79 bits per heavy atom. The van der Waals surface area contributed by atoms with Crippen molar-refractivity contribution >= 4 is 34.5 Å². The number of unbranched alkanes of at least 4 members (excludes halogenated alkanes) is 2. The van der Waals surface area contributed by atoms with Crippen LogP contribution in [0.4, 0.5) is 22.0 Å². The van der Waals surface area contributed by atoms with Gasteiger partial charge in [-0.1, -0.05) is 12.5 Å². The lowest BCUT2D eigenvalue weighted by Crippen LogP contribution is -2.50. The summed E-state index contributed by atoms with van der Waals surface area (Å²) >= 11 is 1.54. The molecule has 3 aromatic rings. The van der Waals surface area contributed by atoms with Crippen LogP contribution in [0.25, 0.3) is 16.8 Å². The Morgan fingerprint density at radius 3 is 2.46 bits per heavy atom. The standard InChI is InChI=1S/C17H17F5N4OS/c1-10-13-14(25-12-7-5-6-11(24-10)26(12)13)28-9-4-2-3-8-23-15(27)16(18,19)17(20,21)22/h5-7H,2-4,8-9H2,1H3,(H,23,27). The number of carbonyl (C=O) groups is 1. The monoisotopic (exact) mass is 420 g/mol. The Kier molecular flexibility index (Phi) is 5.64. The fourth-order valence-electron chi connectivity index (χ4n) is 2.80. The highest BCUT2D eigenvalue weighted by atomic mass is 32.2. The van der Waals surface area contributed by atoms with Gasteiger partial charge in [-0.3, -0.25) is 9.20 Å². The molecule has 3 rings (SSSR count). The minimum Gasteiger partial charge on any atom is -0.351 e. The molecular weight excluding hydrogens is 403 g/mol. The number of thioether (sulfide) groups is 1. The van der Waals surface area contributed by atoms with Crippen molar-refractivity contribution in [2.75, 3.05) is 12.3 Å². The minimum absolute atomic E-state index is 0.232. The Bertz CT molecular complexity index is 972. The number of pyridine rings is 1. The van der Waals surface area contributed by atoms with Gasteiger partial charge in [-0.05, 0) is 37.7 Å². The van der Waals surface area contributed by atoms with Crippen LogP contribution in [-0.2, 0) is 4.79 Å². The van der Waals surface area contributed by atoms with Crippen LogP contribution in [0.15, 0.2) is 23.2 Å².